The lowest BCUT2D eigenvalue weighted by atomic mass is 10.1. The number of nitrogens with zero attached hydrogens (tertiary/aromatic N) is 1. The molecule has 0 aliphatic rings. The van der Waals surface area contributed by atoms with Crippen molar-refractivity contribution in [2.45, 2.75) is 19.4 Å². The summed E-state index contributed by atoms with van der Waals surface area (Å²) in [6.45, 7) is 3.33. The summed E-state index contributed by atoms with van der Waals surface area (Å²) >= 11 is 0. The Hall–Kier alpha value is -2.80. The number of aliphatic hydroxyl groups excluding tert-OH is 1. The third-order valence-corrected chi connectivity index (χ3v) is 4.20. The van der Waals surface area contributed by atoms with Crippen molar-refractivity contribution < 1.29 is 19.0 Å². The molecular formula is C21H28FN3O3. The molecule has 3 N–H and O–H groups in total. The maximum absolute atomic E-state index is 13.7. The van der Waals surface area contributed by atoms with Crippen LogP contribution in [-0.4, -0.2) is 44.9 Å². The Bertz CT molecular complexity index is 783. The smallest absolute Gasteiger partial charge is 0.191 e. The second-order valence-electron chi connectivity index (χ2n) is 6.12. The van der Waals surface area contributed by atoms with E-state index in [0.29, 0.717) is 48.1 Å². The first kappa shape index (κ1) is 21.5. The lowest BCUT2D eigenvalue weighted by molar-refractivity contribution is 0.186. The molecule has 0 bridgehead atoms. The molecule has 0 saturated carbocycles. The molecule has 2 aromatic rings. The van der Waals surface area contributed by atoms with Gasteiger partial charge in [0.1, 0.15) is 5.82 Å². The van der Waals surface area contributed by atoms with Gasteiger partial charge in [-0.3, -0.25) is 4.99 Å². The van der Waals surface area contributed by atoms with Gasteiger partial charge < -0.3 is 25.2 Å². The van der Waals surface area contributed by atoms with Crippen molar-refractivity contribution in [3.8, 4) is 11.5 Å². The Morgan fingerprint density at radius 1 is 1.11 bits per heavy atom. The standard InChI is InChI=1S/C21H28FN3O3/c1-4-23-21(24-12-11-15-7-5-6-8-17(15)22)25-14-18(26)16-9-10-19(27-2)20(13-16)28-3/h5-10,13,18,26H,4,11-12,14H2,1-3H3,(H2,23,24,25). The van der Waals surface area contributed by atoms with Gasteiger partial charge in [0.2, 0.25) is 0 Å². The summed E-state index contributed by atoms with van der Waals surface area (Å²) in [7, 11) is 3.11. The van der Waals surface area contributed by atoms with E-state index in [1.165, 1.54) is 6.07 Å². The number of hydrogen-bond donors (Lipinski definition) is 3. The summed E-state index contributed by atoms with van der Waals surface area (Å²) < 4.78 is 24.2. The van der Waals surface area contributed by atoms with Gasteiger partial charge in [0, 0.05) is 13.1 Å². The lowest BCUT2D eigenvalue weighted by Crippen LogP contribution is -2.38. The summed E-state index contributed by atoms with van der Waals surface area (Å²) in [4.78, 5) is 4.42. The number of aliphatic imine (C=N–C) groups is 1. The number of nitrogens with one attached hydrogen (secondary N) is 2. The molecule has 1 unspecified atom stereocenters. The SMILES string of the molecule is CCNC(=NCC(O)c1ccc(OC)c(OC)c1)NCCc1ccccc1F. The Morgan fingerprint density at radius 3 is 2.54 bits per heavy atom. The molecule has 0 fully saturated rings. The molecule has 28 heavy (non-hydrogen) atoms. The van der Waals surface area contributed by atoms with Crippen molar-refractivity contribution >= 4 is 5.96 Å². The Kier molecular flexibility index (Phi) is 8.55. The van der Waals surface area contributed by atoms with E-state index in [9.17, 15) is 9.50 Å². The van der Waals surface area contributed by atoms with Crippen LogP contribution in [0.2, 0.25) is 0 Å². The topological polar surface area (TPSA) is 75.1 Å². The van der Waals surface area contributed by atoms with Gasteiger partial charge in [0.25, 0.3) is 0 Å². The molecule has 0 aliphatic heterocycles. The van der Waals surface area contributed by atoms with E-state index in [2.05, 4.69) is 15.6 Å². The van der Waals surface area contributed by atoms with Crippen LogP contribution in [0.1, 0.15) is 24.2 Å². The first-order chi connectivity index (χ1) is 13.6. The fourth-order valence-electron chi connectivity index (χ4n) is 2.70. The monoisotopic (exact) mass is 389 g/mol. The number of aliphatic hydroxyl groups is 1. The van der Waals surface area contributed by atoms with Crippen LogP contribution in [0.15, 0.2) is 47.5 Å². The molecule has 0 aromatic heterocycles. The lowest BCUT2D eigenvalue weighted by Gasteiger charge is -2.15. The summed E-state index contributed by atoms with van der Waals surface area (Å²) in [5.74, 6) is 1.51. The number of hydrogen-bond acceptors (Lipinski definition) is 4. The predicted molar refractivity (Wildman–Crippen MR) is 109 cm³/mol. The highest BCUT2D eigenvalue weighted by Crippen LogP contribution is 2.30. The molecule has 0 heterocycles. The van der Waals surface area contributed by atoms with Gasteiger partial charge in [-0.15, -0.1) is 0 Å². The fraction of sp³-hybridized carbons (Fsp3) is 0.381. The quantitative estimate of drug-likeness (QED) is 0.454. The minimum atomic E-state index is -0.790. The first-order valence-corrected chi connectivity index (χ1v) is 9.24. The molecule has 2 aromatic carbocycles. The average molecular weight is 389 g/mol. The second-order valence-corrected chi connectivity index (χ2v) is 6.12. The van der Waals surface area contributed by atoms with E-state index >= 15 is 0 Å². The average Bonchev–Trinajstić information content (AvgIpc) is 2.72. The van der Waals surface area contributed by atoms with Gasteiger partial charge >= 0.3 is 0 Å². The van der Waals surface area contributed by atoms with E-state index in [1.807, 2.05) is 13.0 Å². The largest absolute Gasteiger partial charge is 0.493 e. The van der Waals surface area contributed by atoms with E-state index < -0.39 is 6.10 Å². The van der Waals surface area contributed by atoms with Gasteiger partial charge in [0.05, 0.1) is 26.9 Å². The van der Waals surface area contributed by atoms with Crippen molar-refractivity contribution in [2.24, 2.45) is 4.99 Å². The van der Waals surface area contributed by atoms with Crippen LogP contribution in [0.4, 0.5) is 4.39 Å². The summed E-state index contributed by atoms with van der Waals surface area (Å²) in [6, 6.07) is 12.0. The number of methoxy groups -OCH3 is 2. The Balaban J connectivity index is 1.96. The van der Waals surface area contributed by atoms with Crippen LogP contribution in [0.3, 0.4) is 0 Å². The Morgan fingerprint density at radius 2 is 1.86 bits per heavy atom. The van der Waals surface area contributed by atoms with E-state index in [-0.39, 0.29) is 12.4 Å². The van der Waals surface area contributed by atoms with E-state index in [0.717, 1.165) is 0 Å². The highest BCUT2D eigenvalue weighted by molar-refractivity contribution is 5.79. The van der Waals surface area contributed by atoms with Gasteiger partial charge in [-0.25, -0.2) is 4.39 Å². The maximum Gasteiger partial charge on any atom is 0.191 e. The van der Waals surface area contributed by atoms with Crippen molar-refractivity contribution in [3.63, 3.8) is 0 Å². The summed E-state index contributed by atoms with van der Waals surface area (Å²) in [6.07, 6.45) is -0.253. The van der Waals surface area contributed by atoms with E-state index in [4.69, 9.17) is 9.47 Å². The molecule has 6 nitrogen and oxygen atoms in total. The van der Waals surface area contributed by atoms with Crippen molar-refractivity contribution in [3.05, 3.63) is 59.4 Å². The molecule has 0 spiro atoms. The predicted octanol–water partition coefficient (Wildman–Crippen LogP) is 2.67. The Labute approximate surface area is 165 Å². The van der Waals surface area contributed by atoms with Crippen LogP contribution < -0.4 is 20.1 Å². The van der Waals surface area contributed by atoms with Crippen molar-refractivity contribution in [2.75, 3.05) is 33.9 Å². The third-order valence-electron chi connectivity index (χ3n) is 4.20. The minimum absolute atomic E-state index is 0.171. The number of guanidine groups is 1. The zero-order chi connectivity index (χ0) is 20.4. The van der Waals surface area contributed by atoms with Crippen LogP contribution in [0.5, 0.6) is 11.5 Å². The van der Waals surface area contributed by atoms with Gasteiger partial charge in [0.15, 0.2) is 17.5 Å². The number of benzene rings is 2. The number of halogens is 1. The zero-order valence-electron chi connectivity index (χ0n) is 16.5. The van der Waals surface area contributed by atoms with Crippen LogP contribution in [-0.2, 0) is 6.42 Å². The second kappa shape index (κ2) is 11.1. The summed E-state index contributed by atoms with van der Waals surface area (Å²) in [5.41, 5.74) is 1.33. The van der Waals surface area contributed by atoms with E-state index in [1.54, 1.807) is 44.6 Å². The van der Waals surface area contributed by atoms with Crippen molar-refractivity contribution in [1.82, 2.24) is 10.6 Å². The molecule has 0 aliphatic carbocycles. The zero-order valence-corrected chi connectivity index (χ0v) is 16.5. The molecule has 152 valence electrons. The minimum Gasteiger partial charge on any atom is -0.493 e. The third kappa shape index (κ3) is 6.13. The molecule has 2 rings (SSSR count). The molecule has 7 heteroatoms. The maximum atomic E-state index is 13.7. The number of rotatable bonds is 9. The normalized spacial score (nSPS) is 12.4. The summed E-state index contributed by atoms with van der Waals surface area (Å²) in [5, 5.41) is 16.7. The van der Waals surface area contributed by atoms with Gasteiger partial charge in [-0.2, -0.15) is 0 Å². The molecular weight excluding hydrogens is 361 g/mol. The number of ether oxygens (including phenoxy) is 2. The molecule has 0 saturated heterocycles. The van der Waals surface area contributed by atoms with Crippen molar-refractivity contribution in [1.29, 1.82) is 0 Å². The molecule has 0 amide bonds. The van der Waals surface area contributed by atoms with Crippen LogP contribution in [0.25, 0.3) is 0 Å². The molecule has 1 atom stereocenters. The fourth-order valence-corrected chi connectivity index (χ4v) is 2.70. The van der Waals surface area contributed by atoms with Gasteiger partial charge in [-0.1, -0.05) is 24.3 Å². The van der Waals surface area contributed by atoms with Crippen LogP contribution in [0, 0.1) is 5.82 Å². The van der Waals surface area contributed by atoms with Crippen LogP contribution >= 0.6 is 0 Å². The van der Waals surface area contributed by atoms with Gasteiger partial charge in [-0.05, 0) is 42.7 Å². The first-order valence-electron chi connectivity index (χ1n) is 9.24. The highest BCUT2D eigenvalue weighted by Gasteiger charge is 2.12. The highest BCUT2D eigenvalue weighted by atomic mass is 19.1. The molecule has 0 radical (unpaired) electrons.